The van der Waals surface area contributed by atoms with E-state index in [0.29, 0.717) is 18.1 Å². The first-order valence-electron chi connectivity index (χ1n) is 5.16. The predicted molar refractivity (Wildman–Crippen MR) is 59.5 cm³/mol. The van der Waals surface area contributed by atoms with Crippen molar-refractivity contribution in [2.24, 2.45) is 10.7 Å². The van der Waals surface area contributed by atoms with Crippen molar-refractivity contribution in [3.8, 4) is 0 Å². The summed E-state index contributed by atoms with van der Waals surface area (Å²) < 4.78 is 25.9. The molecule has 0 fully saturated rings. The molecule has 0 spiro atoms. The average molecular weight is 225 g/mol. The molecule has 1 atom stereocenters. The third-order valence-corrected chi connectivity index (χ3v) is 2.54. The smallest absolute Gasteiger partial charge is 0.149 e. The molecule has 3 nitrogen and oxygen atoms in total. The lowest BCUT2D eigenvalue weighted by atomic mass is 10.2. The van der Waals surface area contributed by atoms with Crippen molar-refractivity contribution in [3.05, 3.63) is 29.8 Å². The number of amidine groups is 1. The Labute approximate surface area is 92.4 Å². The molecule has 0 unspecified atom stereocenters. The third kappa shape index (κ3) is 2.48. The van der Waals surface area contributed by atoms with Gasteiger partial charge in [0.25, 0.3) is 0 Å². The van der Waals surface area contributed by atoms with Gasteiger partial charge in [-0.05, 0) is 18.6 Å². The molecule has 2 rings (SSSR count). The molecule has 0 amide bonds. The Hall–Kier alpha value is -1.65. The standard InChI is InChI=1S/C11H13F2N3/c12-7-1-3-10(9(13)5-7)15-6-8-2-4-11(14)16-8/h1,3,5,8,15H,2,4,6H2,(H2,14,16)/t8-/m1/s1. The van der Waals surface area contributed by atoms with Crippen LogP contribution in [0.4, 0.5) is 14.5 Å². The predicted octanol–water partition coefficient (Wildman–Crippen LogP) is 1.90. The third-order valence-electron chi connectivity index (χ3n) is 2.54. The molecule has 1 aromatic carbocycles. The lowest BCUT2D eigenvalue weighted by molar-refractivity contribution is 0.584. The molecular weight excluding hydrogens is 212 g/mol. The van der Waals surface area contributed by atoms with Gasteiger partial charge in [0.1, 0.15) is 11.6 Å². The number of rotatable bonds is 3. The number of aliphatic imine (C=N–C) groups is 1. The Morgan fingerprint density at radius 3 is 2.88 bits per heavy atom. The second-order valence-corrected chi connectivity index (χ2v) is 3.82. The second kappa shape index (κ2) is 4.47. The van der Waals surface area contributed by atoms with Crippen molar-refractivity contribution in [2.45, 2.75) is 18.9 Å². The van der Waals surface area contributed by atoms with E-state index in [1.807, 2.05) is 0 Å². The zero-order valence-corrected chi connectivity index (χ0v) is 8.71. The number of nitrogens with zero attached hydrogens (tertiary/aromatic N) is 1. The summed E-state index contributed by atoms with van der Waals surface area (Å²) in [6, 6.07) is 3.54. The van der Waals surface area contributed by atoms with Gasteiger partial charge in [-0.25, -0.2) is 8.78 Å². The lowest BCUT2D eigenvalue weighted by Gasteiger charge is -2.10. The van der Waals surface area contributed by atoms with Crippen LogP contribution >= 0.6 is 0 Å². The van der Waals surface area contributed by atoms with Crippen LogP contribution in [-0.2, 0) is 0 Å². The van der Waals surface area contributed by atoms with Crippen LogP contribution in [0.25, 0.3) is 0 Å². The van der Waals surface area contributed by atoms with Crippen molar-refractivity contribution in [1.82, 2.24) is 0 Å². The summed E-state index contributed by atoms with van der Waals surface area (Å²) in [6.45, 7) is 0.517. The first-order chi connectivity index (χ1) is 7.65. The van der Waals surface area contributed by atoms with Crippen molar-refractivity contribution < 1.29 is 8.78 Å². The minimum Gasteiger partial charge on any atom is -0.387 e. The van der Waals surface area contributed by atoms with Gasteiger partial charge < -0.3 is 11.1 Å². The summed E-state index contributed by atoms with van der Waals surface area (Å²) in [6.07, 6.45) is 1.67. The van der Waals surface area contributed by atoms with E-state index in [4.69, 9.17) is 5.73 Å². The number of hydrogen-bond donors (Lipinski definition) is 2. The number of anilines is 1. The number of nitrogens with two attached hydrogens (primary N) is 1. The molecule has 0 bridgehead atoms. The first-order valence-corrected chi connectivity index (χ1v) is 5.16. The quantitative estimate of drug-likeness (QED) is 0.825. The van der Waals surface area contributed by atoms with Gasteiger partial charge in [-0.15, -0.1) is 0 Å². The Balaban J connectivity index is 1.95. The van der Waals surface area contributed by atoms with Crippen LogP contribution < -0.4 is 11.1 Å². The maximum atomic E-state index is 13.2. The van der Waals surface area contributed by atoms with Crippen molar-refractivity contribution in [2.75, 3.05) is 11.9 Å². The number of nitrogens with one attached hydrogen (secondary N) is 1. The Morgan fingerprint density at radius 2 is 2.25 bits per heavy atom. The van der Waals surface area contributed by atoms with Crippen LogP contribution in [0.5, 0.6) is 0 Å². The normalized spacial score (nSPS) is 19.6. The monoisotopic (exact) mass is 225 g/mol. The SMILES string of the molecule is NC1=N[C@@H](CNc2ccc(F)cc2F)CC1. The molecule has 1 aliphatic rings. The largest absolute Gasteiger partial charge is 0.387 e. The highest BCUT2D eigenvalue weighted by atomic mass is 19.1. The Morgan fingerprint density at radius 1 is 1.44 bits per heavy atom. The van der Waals surface area contributed by atoms with Crippen molar-refractivity contribution in [1.29, 1.82) is 0 Å². The van der Waals surface area contributed by atoms with E-state index in [1.165, 1.54) is 12.1 Å². The second-order valence-electron chi connectivity index (χ2n) is 3.82. The topological polar surface area (TPSA) is 50.4 Å². The van der Waals surface area contributed by atoms with Crippen molar-refractivity contribution in [3.63, 3.8) is 0 Å². The summed E-state index contributed by atoms with van der Waals surface area (Å²) in [4.78, 5) is 4.19. The molecule has 3 N–H and O–H groups in total. The van der Waals surface area contributed by atoms with Crippen LogP contribution in [0.1, 0.15) is 12.8 Å². The summed E-state index contributed by atoms with van der Waals surface area (Å²) in [5.41, 5.74) is 5.84. The molecule has 0 saturated carbocycles. The maximum Gasteiger partial charge on any atom is 0.149 e. The van der Waals surface area contributed by atoms with Gasteiger partial charge in [0, 0.05) is 19.0 Å². The Bertz CT molecular complexity index is 418. The summed E-state index contributed by atoms with van der Waals surface area (Å²) in [5.74, 6) is -0.521. The van der Waals surface area contributed by atoms with E-state index in [9.17, 15) is 8.78 Å². The number of hydrogen-bond acceptors (Lipinski definition) is 3. The van der Waals surface area contributed by atoms with Gasteiger partial charge in [-0.1, -0.05) is 0 Å². The molecule has 0 aromatic heterocycles. The fraction of sp³-hybridized carbons (Fsp3) is 0.364. The summed E-state index contributed by atoms with van der Waals surface area (Å²) >= 11 is 0. The van der Waals surface area contributed by atoms with Gasteiger partial charge in [0.2, 0.25) is 0 Å². The van der Waals surface area contributed by atoms with E-state index in [1.54, 1.807) is 0 Å². The van der Waals surface area contributed by atoms with E-state index < -0.39 is 11.6 Å². The van der Waals surface area contributed by atoms with Gasteiger partial charge in [-0.2, -0.15) is 0 Å². The van der Waals surface area contributed by atoms with E-state index >= 15 is 0 Å². The molecule has 0 radical (unpaired) electrons. The molecule has 1 aliphatic heterocycles. The minimum absolute atomic E-state index is 0.0875. The summed E-state index contributed by atoms with van der Waals surface area (Å²) in [7, 11) is 0. The highest BCUT2D eigenvalue weighted by Gasteiger charge is 2.15. The molecule has 1 heterocycles. The molecule has 1 aromatic rings. The molecule has 16 heavy (non-hydrogen) atoms. The lowest BCUT2D eigenvalue weighted by Crippen LogP contribution is -2.16. The zero-order valence-electron chi connectivity index (χ0n) is 8.71. The van der Waals surface area contributed by atoms with Gasteiger partial charge >= 0.3 is 0 Å². The van der Waals surface area contributed by atoms with Crippen molar-refractivity contribution >= 4 is 11.5 Å². The van der Waals surface area contributed by atoms with Crippen LogP contribution in [0.2, 0.25) is 0 Å². The minimum atomic E-state index is -0.588. The molecule has 0 aliphatic carbocycles. The van der Waals surface area contributed by atoms with Crippen LogP contribution in [0.3, 0.4) is 0 Å². The van der Waals surface area contributed by atoms with Crippen LogP contribution in [0, 0.1) is 11.6 Å². The highest BCUT2D eigenvalue weighted by Crippen LogP contribution is 2.17. The van der Waals surface area contributed by atoms with Gasteiger partial charge in [0.05, 0.1) is 17.6 Å². The van der Waals surface area contributed by atoms with E-state index in [-0.39, 0.29) is 6.04 Å². The van der Waals surface area contributed by atoms with Gasteiger partial charge in [-0.3, -0.25) is 4.99 Å². The number of halogens is 2. The fourth-order valence-corrected chi connectivity index (χ4v) is 1.69. The first kappa shape index (κ1) is 10.9. The fourth-order valence-electron chi connectivity index (χ4n) is 1.69. The highest BCUT2D eigenvalue weighted by molar-refractivity contribution is 5.82. The Kier molecular flexibility index (Phi) is 3.03. The van der Waals surface area contributed by atoms with Crippen LogP contribution in [0.15, 0.2) is 23.2 Å². The summed E-state index contributed by atoms with van der Waals surface area (Å²) in [5, 5.41) is 2.90. The maximum absolute atomic E-state index is 13.2. The zero-order chi connectivity index (χ0) is 11.5. The van der Waals surface area contributed by atoms with E-state index in [2.05, 4.69) is 10.3 Å². The molecule has 0 saturated heterocycles. The van der Waals surface area contributed by atoms with Crippen LogP contribution in [-0.4, -0.2) is 18.4 Å². The molecule has 86 valence electrons. The molecular formula is C11H13F2N3. The average Bonchev–Trinajstić information content (AvgIpc) is 2.63. The van der Waals surface area contributed by atoms with Gasteiger partial charge in [0.15, 0.2) is 0 Å². The molecule has 5 heteroatoms. The van der Waals surface area contributed by atoms with E-state index in [0.717, 1.165) is 18.9 Å². The number of benzene rings is 1.